The molecule has 1 fully saturated rings. The Bertz CT molecular complexity index is 498. The Labute approximate surface area is 124 Å². The van der Waals surface area contributed by atoms with Gasteiger partial charge in [-0.25, -0.2) is 0 Å². The fourth-order valence-electron chi connectivity index (χ4n) is 2.14. The van der Waals surface area contributed by atoms with Gasteiger partial charge in [0.25, 0.3) is 5.91 Å². The van der Waals surface area contributed by atoms with Crippen molar-refractivity contribution in [2.45, 2.75) is 44.8 Å². The summed E-state index contributed by atoms with van der Waals surface area (Å²) in [5, 5.41) is 13.2. The molecule has 0 radical (unpaired) electrons. The van der Waals surface area contributed by atoms with Gasteiger partial charge in [-0.2, -0.15) is 0 Å². The van der Waals surface area contributed by atoms with E-state index in [1.54, 1.807) is 18.2 Å². The van der Waals surface area contributed by atoms with Gasteiger partial charge in [0.05, 0.1) is 17.3 Å². The molecule has 5 heteroatoms. The highest BCUT2D eigenvalue weighted by atomic mass is 35.5. The molecule has 1 aromatic rings. The van der Waals surface area contributed by atoms with E-state index < -0.39 is 5.60 Å². The molecule has 1 aliphatic carbocycles. The van der Waals surface area contributed by atoms with E-state index in [4.69, 9.17) is 16.3 Å². The maximum Gasteiger partial charge on any atom is 0.255 e. The molecule has 1 amide bonds. The lowest BCUT2D eigenvalue weighted by Crippen LogP contribution is -2.47. The van der Waals surface area contributed by atoms with Crippen LogP contribution >= 0.6 is 11.6 Å². The van der Waals surface area contributed by atoms with Crippen LogP contribution in [0.15, 0.2) is 18.2 Å². The molecule has 2 rings (SSSR count). The molecule has 0 aliphatic heterocycles. The van der Waals surface area contributed by atoms with E-state index in [9.17, 15) is 9.90 Å². The second-order valence-corrected chi connectivity index (χ2v) is 6.00. The summed E-state index contributed by atoms with van der Waals surface area (Å²) in [6.07, 6.45) is 2.44. The summed E-state index contributed by atoms with van der Waals surface area (Å²) in [4.78, 5) is 12.2. The van der Waals surface area contributed by atoms with Crippen LogP contribution in [-0.2, 0) is 0 Å². The fraction of sp³-hybridized carbons (Fsp3) is 0.533. The van der Waals surface area contributed by atoms with Crippen LogP contribution in [0.4, 0.5) is 0 Å². The molecular weight excluding hydrogens is 278 g/mol. The Kier molecular flexibility index (Phi) is 4.55. The van der Waals surface area contributed by atoms with E-state index >= 15 is 0 Å². The SMILES string of the molecule is CC(C)Oc1ccc(Cl)cc1C(=O)NCC1(O)CCC1. The lowest BCUT2D eigenvalue weighted by Gasteiger charge is -2.36. The summed E-state index contributed by atoms with van der Waals surface area (Å²) < 4.78 is 5.61. The van der Waals surface area contributed by atoms with Crippen molar-refractivity contribution in [3.8, 4) is 5.75 Å². The van der Waals surface area contributed by atoms with E-state index in [1.807, 2.05) is 13.8 Å². The van der Waals surface area contributed by atoms with E-state index in [0.29, 0.717) is 16.3 Å². The molecule has 0 unspecified atom stereocenters. The topological polar surface area (TPSA) is 58.6 Å². The van der Waals surface area contributed by atoms with Crippen LogP contribution in [0.3, 0.4) is 0 Å². The lowest BCUT2D eigenvalue weighted by atomic mass is 9.80. The zero-order valence-corrected chi connectivity index (χ0v) is 12.5. The number of aliphatic hydroxyl groups is 1. The summed E-state index contributed by atoms with van der Waals surface area (Å²) in [6, 6.07) is 4.96. The van der Waals surface area contributed by atoms with Crippen molar-refractivity contribution in [1.29, 1.82) is 0 Å². The van der Waals surface area contributed by atoms with Gasteiger partial charge in [0, 0.05) is 11.6 Å². The number of amides is 1. The second-order valence-electron chi connectivity index (χ2n) is 5.57. The minimum Gasteiger partial charge on any atom is -0.490 e. The van der Waals surface area contributed by atoms with Gasteiger partial charge in [-0.3, -0.25) is 4.79 Å². The predicted octanol–water partition coefficient (Wildman–Crippen LogP) is 2.77. The third-order valence-corrected chi connectivity index (χ3v) is 3.65. The van der Waals surface area contributed by atoms with Crippen molar-refractivity contribution in [3.63, 3.8) is 0 Å². The molecule has 0 atom stereocenters. The van der Waals surface area contributed by atoms with E-state index in [-0.39, 0.29) is 18.6 Å². The molecule has 0 heterocycles. The molecule has 1 aliphatic rings. The zero-order valence-electron chi connectivity index (χ0n) is 11.8. The predicted molar refractivity (Wildman–Crippen MR) is 78.4 cm³/mol. The molecule has 0 spiro atoms. The number of nitrogens with one attached hydrogen (secondary N) is 1. The maximum atomic E-state index is 12.2. The quantitative estimate of drug-likeness (QED) is 0.878. The van der Waals surface area contributed by atoms with Crippen LogP contribution in [0.25, 0.3) is 0 Å². The molecule has 110 valence electrons. The highest BCUT2D eigenvalue weighted by molar-refractivity contribution is 6.31. The summed E-state index contributed by atoms with van der Waals surface area (Å²) in [6.45, 7) is 4.06. The second kappa shape index (κ2) is 6.02. The summed E-state index contributed by atoms with van der Waals surface area (Å²) >= 11 is 5.94. The van der Waals surface area contributed by atoms with Crippen molar-refractivity contribution in [2.24, 2.45) is 0 Å². The number of benzene rings is 1. The lowest BCUT2D eigenvalue weighted by molar-refractivity contribution is -0.0300. The summed E-state index contributed by atoms with van der Waals surface area (Å²) in [7, 11) is 0. The van der Waals surface area contributed by atoms with Crippen molar-refractivity contribution in [1.82, 2.24) is 5.32 Å². The van der Waals surface area contributed by atoms with Crippen LogP contribution in [0.2, 0.25) is 5.02 Å². The average Bonchev–Trinajstić information content (AvgIpc) is 2.35. The van der Waals surface area contributed by atoms with Crippen LogP contribution in [0, 0.1) is 0 Å². The molecule has 20 heavy (non-hydrogen) atoms. The first kappa shape index (κ1) is 15.1. The van der Waals surface area contributed by atoms with Crippen molar-refractivity contribution in [2.75, 3.05) is 6.54 Å². The van der Waals surface area contributed by atoms with Crippen molar-refractivity contribution >= 4 is 17.5 Å². The monoisotopic (exact) mass is 297 g/mol. The number of halogens is 1. The van der Waals surface area contributed by atoms with Crippen molar-refractivity contribution < 1.29 is 14.6 Å². The summed E-state index contributed by atoms with van der Waals surface area (Å²) in [5.41, 5.74) is -0.345. The van der Waals surface area contributed by atoms with Gasteiger partial charge < -0.3 is 15.2 Å². The van der Waals surface area contributed by atoms with E-state index in [0.717, 1.165) is 19.3 Å². The molecule has 1 aromatic carbocycles. The highest BCUT2D eigenvalue weighted by Crippen LogP contribution is 2.31. The number of hydrogen-bond acceptors (Lipinski definition) is 3. The standard InChI is InChI=1S/C15H20ClNO3/c1-10(2)20-13-5-4-11(16)8-12(13)14(18)17-9-15(19)6-3-7-15/h4-5,8,10,19H,3,6-7,9H2,1-2H3,(H,17,18). The van der Waals surface area contributed by atoms with Gasteiger partial charge in [-0.1, -0.05) is 11.6 Å². The van der Waals surface area contributed by atoms with Crippen molar-refractivity contribution in [3.05, 3.63) is 28.8 Å². The first-order chi connectivity index (χ1) is 9.39. The van der Waals surface area contributed by atoms with Gasteiger partial charge in [0.1, 0.15) is 5.75 Å². The smallest absolute Gasteiger partial charge is 0.255 e. The number of carbonyl (C=O) groups is 1. The van der Waals surface area contributed by atoms with Crippen LogP contribution in [0.5, 0.6) is 5.75 Å². The fourth-order valence-corrected chi connectivity index (χ4v) is 2.31. The highest BCUT2D eigenvalue weighted by Gasteiger charge is 2.34. The maximum absolute atomic E-state index is 12.2. The number of carbonyl (C=O) groups excluding carboxylic acids is 1. The van der Waals surface area contributed by atoms with Gasteiger partial charge in [-0.15, -0.1) is 0 Å². The first-order valence-electron chi connectivity index (χ1n) is 6.86. The summed E-state index contributed by atoms with van der Waals surface area (Å²) in [5.74, 6) is 0.228. The average molecular weight is 298 g/mol. The molecule has 0 aromatic heterocycles. The normalized spacial score (nSPS) is 16.6. The van der Waals surface area contributed by atoms with E-state index in [2.05, 4.69) is 5.32 Å². The number of hydrogen-bond donors (Lipinski definition) is 2. The molecule has 1 saturated carbocycles. The van der Waals surface area contributed by atoms with Gasteiger partial charge in [0.2, 0.25) is 0 Å². The van der Waals surface area contributed by atoms with E-state index in [1.165, 1.54) is 0 Å². The number of ether oxygens (including phenoxy) is 1. The van der Waals surface area contributed by atoms with Crippen LogP contribution in [0.1, 0.15) is 43.5 Å². The molecular formula is C15H20ClNO3. The minimum atomic E-state index is -0.743. The third kappa shape index (κ3) is 3.64. The van der Waals surface area contributed by atoms with Crippen LogP contribution < -0.4 is 10.1 Å². The Balaban J connectivity index is 2.09. The van der Waals surface area contributed by atoms with Gasteiger partial charge in [0.15, 0.2) is 0 Å². The van der Waals surface area contributed by atoms with Gasteiger partial charge in [-0.05, 0) is 51.3 Å². The van der Waals surface area contributed by atoms with Gasteiger partial charge >= 0.3 is 0 Å². The number of rotatable bonds is 5. The Morgan fingerprint density at radius 2 is 2.20 bits per heavy atom. The molecule has 4 nitrogen and oxygen atoms in total. The third-order valence-electron chi connectivity index (χ3n) is 3.41. The Morgan fingerprint density at radius 3 is 2.75 bits per heavy atom. The molecule has 0 bridgehead atoms. The molecule has 2 N–H and O–H groups in total. The molecule has 0 saturated heterocycles. The minimum absolute atomic E-state index is 0.0291. The largest absolute Gasteiger partial charge is 0.490 e. The zero-order chi connectivity index (χ0) is 14.8. The Morgan fingerprint density at radius 1 is 1.50 bits per heavy atom. The van der Waals surface area contributed by atoms with Crippen LogP contribution in [-0.4, -0.2) is 29.3 Å². The Hall–Kier alpha value is -1.26. The first-order valence-corrected chi connectivity index (χ1v) is 7.24.